The van der Waals surface area contributed by atoms with Crippen LogP contribution in [0.5, 0.6) is 11.6 Å². The standard InChI is InChI=1S/C25H30N2O5S/c1-4-6-17(3)32-24(29)27-23(28)22(33-25(27)30)15-19-8-11-21(12-9-19)31-14-13-20-10-7-18(5-2)16-26-20/h7-12,16-17,28H,4-6,13-15H2,1-3H3. The van der Waals surface area contributed by atoms with Crippen LogP contribution in [0.4, 0.5) is 4.79 Å². The normalized spacial score (nSPS) is 11.8. The van der Waals surface area contributed by atoms with Crippen LogP contribution in [0.1, 0.15) is 55.3 Å². The van der Waals surface area contributed by atoms with E-state index in [1.54, 1.807) is 6.92 Å². The number of pyridine rings is 1. The molecule has 1 N–H and O–H groups in total. The fourth-order valence-corrected chi connectivity index (χ4v) is 4.23. The Labute approximate surface area is 197 Å². The lowest BCUT2D eigenvalue weighted by Gasteiger charge is -2.12. The number of hydrogen-bond donors (Lipinski definition) is 1. The molecule has 1 unspecified atom stereocenters. The Bertz CT molecular complexity index is 1100. The fourth-order valence-electron chi connectivity index (χ4n) is 3.35. The van der Waals surface area contributed by atoms with Crippen LogP contribution < -0.4 is 9.61 Å². The summed E-state index contributed by atoms with van der Waals surface area (Å²) in [5, 5.41) is 10.4. The van der Waals surface area contributed by atoms with Crippen LogP contribution in [0.3, 0.4) is 0 Å². The number of thiazole rings is 1. The predicted octanol–water partition coefficient (Wildman–Crippen LogP) is 4.96. The maximum Gasteiger partial charge on any atom is 0.424 e. The van der Waals surface area contributed by atoms with E-state index < -0.39 is 11.0 Å². The van der Waals surface area contributed by atoms with Crippen LogP contribution >= 0.6 is 11.3 Å². The number of ether oxygens (including phenoxy) is 2. The van der Waals surface area contributed by atoms with Gasteiger partial charge in [0.15, 0.2) is 0 Å². The van der Waals surface area contributed by atoms with Gasteiger partial charge in [-0.15, -0.1) is 0 Å². The second kappa shape index (κ2) is 11.7. The largest absolute Gasteiger partial charge is 0.493 e. The van der Waals surface area contributed by atoms with Crippen molar-refractivity contribution in [2.75, 3.05) is 6.61 Å². The first-order valence-electron chi connectivity index (χ1n) is 11.2. The predicted molar refractivity (Wildman–Crippen MR) is 129 cm³/mol. The lowest BCUT2D eigenvalue weighted by Crippen LogP contribution is -2.26. The van der Waals surface area contributed by atoms with E-state index in [2.05, 4.69) is 18.0 Å². The van der Waals surface area contributed by atoms with Gasteiger partial charge in [-0.25, -0.2) is 4.79 Å². The number of carbonyl (C=O) groups is 1. The third-order valence-electron chi connectivity index (χ3n) is 5.24. The summed E-state index contributed by atoms with van der Waals surface area (Å²) in [5.41, 5.74) is 3.08. The smallest absolute Gasteiger partial charge is 0.424 e. The van der Waals surface area contributed by atoms with Gasteiger partial charge in [-0.2, -0.15) is 4.57 Å². The molecular weight excluding hydrogens is 440 g/mol. The van der Waals surface area contributed by atoms with Crippen LogP contribution in [-0.2, 0) is 24.0 Å². The molecule has 0 amide bonds. The molecule has 0 aliphatic rings. The van der Waals surface area contributed by atoms with Crippen LogP contribution in [0.25, 0.3) is 0 Å². The van der Waals surface area contributed by atoms with Crippen LogP contribution in [0.15, 0.2) is 47.4 Å². The second-order valence-electron chi connectivity index (χ2n) is 7.86. The molecule has 1 aromatic carbocycles. The van der Waals surface area contributed by atoms with E-state index >= 15 is 0 Å². The van der Waals surface area contributed by atoms with Gasteiger partial charge >= 0.3 is 11.0 Å². The molecule has 7 nitrogen and oxygen atoms in total. The molecule has 0 aliphatic heterocycles. The van der Waals surface area contributed by atoms with Crippen molar-refractivity contribution in [3.8, 4) is 11.6 Å². The quantitative estimate of drug-likeness (QED) is 0.450. The lowest BCUT2D eigenvalue weighted by atomic mass is 10.1. The van der Waals surface area contributed by atoms with E-state index in [1.807, 2.05) is 43.5 Å². The number of hydrogen-bond acceptors (Lipinski definition) is 7. The topological polar surface area (TPSA) is 90.7 Å². The van der Waals surface area contributed by atoms with Crippen molar-refractivity contribution in [3.05, 3.63) is 74.0 Å². The third-order valence-corrected chi connectivity index (χ3v) is 6.17. The van der Waals surface area contributed by atoms with Gasteiger partial charge in [0.05, 0.1) is 11.5 Å². The Kier molecular flexibility index (Phi) is 8.65. The van der Waals surface area contributed by atoms with Gasteiger partial charge in [-0.1, -0.05) is 49.8 Å². The Morgan fingerprint density at radius 1 is 1.15 bits per heavy atom. The van der Waals surface area contributed by atoms with E-state index in [-0.39, 0.29) is 12.0 Å². The maximum absolute atomic E-state index is 12.3. The van der Waals surface area contributed by atoms with Gasteiger partial charge in [0, 0.05) is 24.7 Å². The van der Waals surface area contributed by atoms with Gasteiger partial charge in [0.1, 0.15) is 11.9 Å². The van der Waals surface area contributed by atoms with Gasteiger partial charge < -0.3 is 14.6 Å². The molecule has 33 heavy (non-hydrogen) atoms. The van der Waals surface area contributed by atoms with Crippen LogP contribution in [-0.4, -0.2) is 33.5 Å². The van der Waals surface area contributed by atoms with Gasteiger partial charge in [-0.05, 0) is 49.1 Å². The van der Waals surface area contributed by atoms with Crippen LogP contribution in [0, 0.1) is 0 Å². The number of rotatable bonds is 10. The summed E-state index contributed by atoms with van der Waals surface area (Å²) < 4.78 is 11.8. The summed E-state index contributed by atoms with van der Waals surface area (Å²) in [6, 6.07) is 11.6. The minimum atomic E-state index is -0.844. The number of aromatic nitrogens is 2. The molecule has 3 rings (SSSR count). The molecule has 2 aromatic heterocycles. The molecule has 0 fully saturated rings. The van der Waals surface area contributed by atoms with Crippen molar-refractivity contribution >= 4 is 17.4 Å². The van der Waals surface area contributed by atoms with Crippen molar-refractivity contribution in [1.29, 1.82) is 0 Å². The number of aromatic hydroxyl groups is 1. The Morgan fingerprint density at radius 2 is 1.88 bits per heavy atom. The van der Waals surface area contributed by atoms with Gasteiger partial charge in [0.25, 0.3) is 0 Å². The highest BCUT2D eigenvalue weighted by Crippen LogP contribution is 2.25. The Hall–Kier alpha value is -3.13. The first-order valence-corrected chi connectivity index (χ1v) is 12.0. The van der Waals surface area contributed by atoms with E-state index in [4.69, 9.17) is 9.47 Å². The minimum Gasteiger partial charge on any atom is -0.493 e. The lowest BCUT2D eigenvalue weighted by molar-refractivity contribution is 0.101. The highest BCUT2D eigenvalue weighted by molar-refractivity contribution is 7.09. The zero-order valence-corrected chi connectivity index (χ0v) is 20.1. The number of carbonyl (C=O) groups excluding carboxylic acids is 1. The average Bonchev–Trinajstić information content (AvgIpc) is 3.08. The summed E-state index contributed by atoms with van der Waals surface area (Å²) in [7, 11) is 0. The monoisotopic (exact) mass is 470 g/mol. The fraction of sp³-hybridized carbons (Fsp3) is 0.400. The molecule has 0 saturated heterocycles. The molecule has 0 saturated carbocycles. The summed E-state index contributed by atoms with van der Waals surface area (Å²) in [4.78, 5) is 28.8. The maximum atomic E-state index is 12.3. The summed E-state index contributed by atoms with van der Waals surface area (Å²) in [6.45, 7) is 6.36. The average molecular weight is 471 g/mol. The highest BCUT2D eigenvalue weighted by atomic mass is 32.1. The molecular formula is C25H30N2O5S. The molecule has 0 spiro atoms. The number of nitrogens with zero attached hydrogens (tertiary/aromatic N) is 2. The van der Waals surface area contributed by atoms with E-state index in [0.29, 0.717) is 35.3 Å². The third kappa shape index (κ3) is 6.68. The SMILES string of the molecule is CCCC(C)OC(=O)n1c(O)c(Cc2ccc(OCCc3ccc(CC)cn3)cc2)sc1=O. The minimum absolute atomic E-state index is 0.323. The first kappa shape index (κ1) is 24.5. The van der Waals surface area contributed by atoms with Gasteiger partial charge in [0.2, 0.25) is 5.88 Å². The zero-order valence-electron chi connectivity index (χ0n) is 19.2. The summed E-state index contributed by atoms with van der Waals surface area (Å²) in [5.74, 6) is 0.369. The number of benzene rings is 1. The molecule has 8 heteroatoms. The molecule has 176 valence electrons. The summed E-state index contributed by atoms with van der Waals surface area (Å²) in [6.07, 6.45) is 4.28. The number of aryl methyl sites for hydroxylation is 1. The highest BCUT2D eigenvalue weighted by Gasteiger charge is 2.22. The van der Waals surface area contributed by atoms with Crippen molar-refractivity contribution < 1.29 is 19.4 Å². The zero-order chi connectivity index (χ0) is 23.8. The summed E-state index contributed by atoms with van der Waals surface area (Å²) >= 11 is 0.841. The van der Waals surface area contributed by atoms with Crippen molar-refractivity contribution in [1.82, 2.24) is 9.55 Å². The van der Waals surface area contributed by atoms with E-state index in [1.165, 1.54) is 5.56 Å². The van der Waals surface area contributed by atoms with Gasteiger partial charge in [-0.3, -0.25) is 9.78 Å². The molecule has 1 atom stereocenters. The molecule has 0 bridgehead atoms. The van der Waals surface area contributed by atoms with E-state index in [0.717, 1.165) is 41.2 Å². The Balaban J connectivity index is 1.57. The molecule has 0 aliphatic carbocycles. The Morgan fingerprint density at radius 3 is 2.52 bits per heavy atom. The van der Waals surface area contributed by atoms with Crippen molar-refractivity contribution in [2.24, 2.45) is 0 Å². The van der Waals surface area contributed by atoms with Crippen molar-refractivity contribution in [2.45, 2.75) is 59.0 Å². The molecule has 2 heterocycles. The van der Waals surface area contributed by atoms with E-state index in [9.17, 15) is 14.7 Å². The molecule has 0 radical (unpaired) electrons. The first-order chi connectivity index (χ1) is 15.9. The van der Waals surface area contributed by atoms with Crippen LogP contribution in [0.2, 0.25) is 0 Å². The van der Waals surface area contributed by atoms with Crippen molar-refractivity contribution in [3.63, 3.8) is 0 Å². The second-order valence-corrected chi connectivity index (χ2v) is 8.91. The molecule has 3 aromatic rings.